The number of ether oxygens (including phenoxy) is 1. The topological polar surface area (TPSA) is 62.7 Å². The molecule has 0 aromatic carbocycles. The zero-order valence-electron chi connectivity index (χ0n) is 14.0. The van der Waals surface area contributed by atoms with E-state index in [4.69, 9.17) is 4.74 Å². The maximum atomic E-state index is 12.6. The number of aryl methyl sites for hydroxylation is 1. The van der Waals surface area contributed by atoms with Gasteiger partial charge in [-0.1, -0.05) is 6.92 Å². The van der Waals surface area contributed by atoms with Crippen LogP contribution < -0.4 is 0 Å². The number of likely N-dealkylation sites (tertiary alicyclic amines) is 1. The van der Waals surface area contributed by atoms with E-state index in [0.29, 0.717) is 25.4 Å². The third-order valence-corrected chi connectivity index (χ3v) is 6.23. The molecule has 2 aliphatic rings. The molecule has 0 radical (unpaired) electrons. The Morgan fingerprint density at radius 3 is 2.83 bits per heavy atom. The number of nitrogens with zero attached hydrogens (tertiary/aromatic N) is 2. The fourth-order valence-corrected chi connectivity index (χ4v) is 4.72. The molecule has 1 aromatic rings. The first kappa shape index (κ1) is 16.9. The molecule has 3 rings (SSSR count). The Labute approximate surface area is 141 Å². The van der Waals surface area contributed by atoms with E-state index in [1.807, 2.05) is 17.2 Å². The number of aliphatic hydroxyl groups excluding tert-OH is 1. The Kier molecular flexibility index (Phi) is 5.04. The molecule has 5 nitrogen and oxygen atoms in total. The Bertz CT molecular complexity index is 550. The number of aromatic nitrogens is 1. The van der Waals surface area contributed by atoms with Gasteiger partial charge in [0.25, 0.3) is 5.91 Å². The lowest BCUT2D eigenvalue weighted by Gasteiger charge is -2.56. The van der Waals surface area contributed by atoms with E-state index in [1.165, 1.54) is 0 Å². The van der Waals surface area contributed by atoms with Crippen LogP contribution in [0, 0.1) is 5.41 Å². The zero-order chi connectivity index (χ0) is 16.4. The summed E-state index contributed by atoms with van der Waals surface area (Å²) >= 11 is 1.57. The monoisotopic (exact) mass is 338 g/mol. The number of piperidine rings is 1. The van der Waals surface area contributed by atoms with Crippen molar-refractivity contribution in [3.63, 3.8) is 0 Å². The molecule has 1 aromatic heterocycles. The molecular weight excluding hydrogens is 312 g/mol. The number of amides is 1. The number of hydrogen-bond donors (Lipinski definition) is 1. The summed E-state index contributed by atoms with van der Waals surface area (Å²) in [6, 6.07) is 0. The molecule has 1 aliphatic carbocycles. The maximum Gasteiger partial charge on any atom is 0.273 e. The van der Waals surface area contributed by atoms with Crippen LogP contribution in [0.4, 0.5) is 0 Å². The lowest BCUT2D eigenvalue weighted by molar-refractivity contribution is -0.207. The van der Waals surface area contributed by atoms with Crippen LogP contribution in [0.25, 0.3) is 0 Å². The van der Waals surface area contributed by atoms with E-state index in [2.05, 4.69) is 11.9 Å². The Morgan fingerprint density at radius 2 is 2.22 bits per heavy atom. The number of rotatable bonds is 5. The van der Waals surface area contributed by atoms with Crippen molar-refractivity contribution in [1.29, 1.82) is 0 Å². The van der Waals surface area contributed by atoms with E-state index in [1.54, 1.807) is 11.3 Å². The van der Waals surface area contributed by atoms with Gasteiger partial charge in [-0.05, 0) is 32.6 Å². The predicted octanol–water partition coefficient (Wildman–Crippen LogP) is 2.49. The summed E-state index contributed by atoms with van der Waals surface area (Å²) in [5, 5.41) is 13.1. The summed E-state index contributed by atoms with van der Waals surface area (Å²) < 4.78 is 5.78. The van der Waals surface area contributed by atoms with Crippen molar-refractivity contribution >= 4 is 17.2 Å². The predicted molar refractivity (Wildman–Crippen MR) is 89.7 cm³/mol. The van der Waals surface area contributed by atoms with Crippen molar-refractivity contribution < 1.29 is 14.6 Å². The first-order valence-electron chi connectivity index (χ1n) is 8.64. The van der Waals surface area contributed by atoms with Gasteiger partial charge in [-0.2, -0.15) is 0 Å². The summed E-state index contributed by atoms with van der Waals surface area (Å²) in [5.74, 6) is 0.0280. The Hall–Kier alpha value is -0.980. The SMILES string of the molecule is CCCc1nc(C(=O)N2CCC3(CC2)[C@H](O)C[C@@H]3OCC)cs1. The highest BCUT2D eigenvalue weighted by atomic mass is 32.1. The molecule has 1 spiro atoms. The van der Waals surface area contributed by atoms with Gasteiger partial charge < -0.3 is 14.7 Å². The highest BCUT2D eigenvalue weighted by Gasteiger charge is 2.56. The molecular formula is C17H26N2O3S. The third kappa shape index (κ3) is 3.04. The second kappa shape index (κ2) is 6.87. The zero-order valence-corrected chi connectivity index (χ0v) is 14.8. The first-order valence-corrected chi connectivity index (χ1v) is 9.52. The normalized spacial score (nSPS) is 26.3. The largest absolute Gasteiger partial charge is 0.392 e. The number of hydrogen-bond acceptors (Lipinski definition) is 5. The molecule has 0 unspecified atom stereocenters. The summed E-state index contributed by atoms with van der Waals surface area (Å²) in [7, 11) is 0. The van der Waals surface area contributed by atoms with Crippen LogP contribution in [-0.4, -0.2) is 52.8 Å². The van der Waals surface area contributed by atoms with Gasteiger partial charge in [0.15, 0.2) is 0 Å². The summed E-state index contributed by atoms with van der Waals surface area (Å²) in [6.45, 7) is 6.15. The molecule has 128 valence electrons. The minimum absolute atomic E-state index is 0.0280. The second-order valence-electron chi connectivity index (χ2n) is 6.60. The van der Waals surface area contributed by atoms with Crippen molar-refractivity contribution in [3.05, 3.63) is 16.1 Å². The highest BCUT2D eigenvalue weighted by molar-refractivity contribution is 7.09. The molecule has 2 heterocycles. The Balaban J connectivity index is 1.60. The number of carbonyl (C=O) groups excluding carboxylic acids is 1. The van der Waals surface area contributed by atoms with Crippen molar-refractivity contribution in [2.75, 3.05) is 19.7 Å². The number of thiazole rings is 1. The van der Waals surface area contributed by atoms with Gasteiger partial charge in [-0.25, -0.2) is 4.98 Å². The van der Waals surface area contributed by atoms with Crippen LogP contribution in [0.2, 0.25) is 0 Å². The first-order chi connectivity index (χ1) is 11.1. The molecule has 1 N–H and O–H groups in total. The second-order valence-corrected chi connectivity index (χ2v) is 7.54. The van der Waals surface area contributed by atoms with Gasteiger partial charge in [0.1, 0.15) is 5.69 Å². The Morgan fingerprint density at radius 1 is 1.48 bits per heavy atom. The van der Waals surface area contributed by atoms with E-state index in [9.17, 15) is 9.90 Å². The van der Waals surface area contributed by atoms with Gasteiger partial charge in [0.2, 0.25) is 0 Å². The molecule has 0 bridgehead atoms. The highest BCUT2D eigenvalue weighted by Crippen LogP contribution is 2.51. The molecule has 1 saturated carbocycles. The number of carbonyl (C=O) groups is 1. The van der Waals surface area contributed by atoms with Gasteiger partial charge >= 0.3 is 0 Å². The van der Waals surface area contributed by atoms with Crippen LogP contribution >= 0.6 is 11.3 Å². The van der Waals surface area contributed by atoms with Crippen molar-refractivity contribution in [2.45, 2.75) is 58.2 Å². The molecule has 1 saturated heterocycles. The molecule has 23 heavy (non-hydrogen) atoms. The minimum atomic E-state index is -0.285. The quantitative estimate of drug-likeness (QED) is 0.896. The standard InChI is InChI=1S/C17H26N2O3S/c1-3-5-15-18-12(11-23-15)16(21)19-8-6-17(7-9-19)13(20)10-14(17)22-4-2/h11,13-14,20H,3-10H2,1-2H3/t13-,14+/m1/s1. The van der Waals surface area contributed by atoms with Crippen LogP contribution in [0.1, 0.15) is 55.0 Å². The fraction of sp³-hybridized carbons (Fsp3) is 0.765. The molecule has 1 aliphatic heterocycles. The van der Waals surface area contributed by atoms with Crippen LogP contribution in [0.5, 0.6) is 0 Å². The van der Waals surface area contributed by atoms with E-state index >= 15 is 0 Å². The third-order valence-electron chi connectivity index (χ3n) is 5.33. The van der Waals surface area contributed by atoms with Gasteiger partial charge in [-0.3, -0.25) is 4.79 Å². The fourth-order valence-electron chi connectivity index (χ4n) is 3.84. The van der Waals surface area contributed by atoms with E-state index in [0.717, 1.165) is 37.1 Å². The van der Waals surface area contributed by atoms with Crippen LogP contribution in [0.3, 0.4) is 0 Å². The van der Waals surface area contributed by atoms with E-state index < -0.39 is 0 Å². The molecule has 2 fully saturated rings. The summed E-state index contributed by atoms with van der Waals surface area (Å²) in [6.07, 6.45) is 4.20. The summed E-state index contributed by atoms with van der Waals surface area (Å²) in [4.78, 5) is 18.9. The molecule has 1 amide bonds. The van der Waals surface area contributed by atoms with Gasteiger partial charge in [-0.15, -0.1) is 11.3 Å². The average molecular weight is 338 g/mol. The van der Waals surface area contributed by atoms with Crippen molar-refractivity contribution in [2.24, 2.45) is 5.41 Å². The number of aliphatic hydroxyl groups is 1. The van der Waals surface area contributed by atoms with Crippen molar-refractivity contribution in [3.8, 4) is 0 Å². The smallest absolute Gasteiger partial charge is 0.273 e. The van der Waals surface area contributed by atoms with Gasteiger partial charge in [0, 0.05) is 36.9 Å². The van der Waals surface area contributed by atoms with Crippen LogP contribution in [0.15, 0.2) is 5.38 Å². The lowest BCUT2D eigenvalue weighted by atomic mass is 9.58. The lowest BCUT2D eigenvalue weighted by Crippen LogP contribution is -2.62. The molecule has 6 heteroatoms. The van der Waals surface area contributed by atoms with Crippen LogP contribution in [-0.2, 0) is 11.2 Å². The average Bonchev–Trinajstić information content (AvgIpc) is 3.03. The van der Waals surface area contributed by atoms with Crippen molar-refractivity contribution in [1.82, 2.24) is 9.88 Å². The molecule has 2 atom stereocenters. The summed E-state index contributed by atoms with van der Waals surface area (Å²) in [5.41, 5.74) is 0.437. The van der Waals surface area contributed by atoms with Gasteiger partial charge in [0.05, 0.1) is 17.2 Å². The van der Waals surface area contributed by atoms with E-state index in [-0.39, 0.29) is 23.5 Å². The minimum Gasteiger partial charge on any atom is -0.392 e. The maximum absolute atomic E-state index is 12.6.